The molecule has 0 atom stereocenters. The van der Waals surface area contributed by atoms with Crippen molar-refractivity contribution in [3.63, 3.8) is 0 Å². The van der Waals surface area contributed by atoms with E-state index in [9.17, 15) is 5.11 Å². The first-order chi connectivity index (χ1) is 9.88. The van der Waals surface area contributed by atoms with Gasteiger partial charge in [-0.15, -0.1) is 0 Å². The van der Waals surface area contributed by atoms with Crippen molar-refractivity contribution < 1.29 is 5.11 Å². The van der Waals surface area contributed by atoms with Crippen LogP contribution in [-0.2, 0) is 6.61 Å². The Hall–Kier alpha value is -2.39. The van der Waals surface area contributed by atoms with Gasteiger partial charge in [-0.05, 0) is 11.1 Å². The van der Waals surface area contributed by atoms with E-state index in [4.69, 9.17) is 0 Å². The maximum Gasteiger partial charge on any atom is 0.118 e. The van der Waals surface area contributed by atoms with Crippen LogP contribution in [-0.4, -0.2) is 15.1 Å². The van der Waals surface area contributed by atoms with Crippen LogP contribution < -0.4 is 0 Å². The molecule has 0 unspecified atom stereocenters. The number of hydrogen-bond donors (Lipinski definition) is 2. The van der Waals surface area contributed by atoms with Gasteiger partial charge in [-0.25, -0.2) is 4.98 Å². The van der Waals surface area contributed by atoms with Crippen LogP contribution in [0.1, 0.15) is 28.6 Å². The number of imidazole rings is 1. The fourth-order valence-corrected chi connectivity index (χ4v) is 2.40. The van der Waals surface area contributed by atoms with Crippen molar-refractivity contribution in [2.75, 3.05) is 0 Å². The number of H-pyrrole nitrogens is 1. The maximum absolute atomic E-state index is 9.20. The molecule has 0 amide bonds. The Kier molecular flexibility index (Phi) is 3.61. The molecule has 0 fully saturated rings. The summed E-state index contributed by atoms with van der Waals surface area (Å²) >= 11 is 0. The lowest BCUT2D eigenvalue weighted by Crippen LogP contribution is -2.05. The Morgan fingerprint density at radius 3 is 1.90 bits per heavy atom. The van der Waals surface area contributed by atoms with Crippen LogP contribution in [0.4, 0.5) is 0 Å². The van der Waals surface area contributed by atoms with Gasteiger partial charge in [-0.3, -0.25) is 0 Å². The van der Waals surface area contributed by atoms with E-state index in [2.05, 4.69) is 34.2 Å². The van der Waals surface area contributed by atoms with E-state index in [1.807, 2.05) is 36.4 Å². The molecule has 3 rings (SSSR count). The van der Waals surface area contributed by atoms with Gasteiger partial charge in [-0.2, -0.15) is 0 Å². The third-order valence-electron chi connectivity index (χ3n) is 3.36. The van der Waals surface area contributed by atoms with Crippen LogP contribution in [0.15, 0.2) is 66.9 Å². The predicted octanol–water partition coefficient (Wildman–Crippen LogP) is 3.08. The Morgan fingerprint density at radius 1 is 0.900 bits per heavy atom. The molecule has 3 heteroatoms. The molecule has 3 nitrogen and oxygen atoms in total. The molecule has 1 heterocycles. The Bertz CT molecular complexity index is 622. The Labute approximate surface area is 117 Å². The third kappa shape index (κ3) is 2.49. The minimum Gasteiger partial charge on any atom is -0.390 e. The van der Waals surface area contributed by atoms with Crippen LogP contribution in [0.25, 0.3) is 0 Å². The van der Waals surface area contributed by atoms with Crippen LogP contribution >= 0.6 is 0 Å². The topological polar surface area (TPSA) is 48.9 Å². The fraction of sp³-hybridized carbons (Fsp3) is 0.118. The van der Waals surface area contributed by atoms with Gasteiger partial charge in [0.05, 0.1) is 24.4 Å². The Balaban J connectivity index is 2.09. The number of aliphatic hydroxyl groups is 1. The first-order valence-electron chi connectivity index (χ1n) is 6.63. The van der Waals surface area contributed by atoms with Gasteiger partial charge in [0.15, 0.2) is 0 Å². The van der Waals surface area contributed by atoms with E-state index < -0.39 is 0 Å². The molecule has 2 N–H and O–H groups in total. The molecule has 0 aliphatic rings. The minimum absolute atomic E-state index is 0.0245. The highest BCUT2D eigenvalue weighted by atomic mass is 16.3. The first kappa shape index (κ1) is 12.6. The summed E-state index contributed by atoms with van der Waals surface area (Å²) in [5.74, 6) is 0.907. The van der Waals surface area contributed by atoms with Crippen molar-refractivity contribution in [2.24, 2.45) is 0 Å². The van der Waals surface area contributed by atoms with Crippen LogP contribution in [0.5, 0.6) is 0 Å². The zero-order valence-electron chi connectivity index (χ0n) is 11.0. The monoisotopic (exact) mass is 264 g/mol. The number of nitrogens with zero attached hydrogens (tertiary/aromatic N) is 1. The van der Waals surface area contributed by atoms with Crippen molar-refractivity contribution >= 4 is 0 Å². The molecule has 3 aromatic rings. The molecule has 0 spiro atoms. The molecule has 0 bridgehead atoms. The number of aromatic nitrogens is 2. The number of nitrogens with one attached hydrogen (secondary N) is 1. The number of aliphatic hydroxyl groups excluding tert-OH is 1. The zero-order valence-corrected chi connectivity index (χ0v) is 11.0. The van der Waals surface area contributed by atoms with Crippen LogP contribution in [0, 0.1) is 0 Å². The molecule has 0 saturated heterocycles. The largest absolute Gasteiger partial charge is 0.390 e. The average molecular weight is 264 g/mol. The normalized spacial score (nSPS) is 10.9. The van der Waals surface area contributed by atoms with E-state index in [0.29, 0.717) is 0 Å². The molecular formula is C17H16N2O. The highest BCUT2D eigenvalue weighted by Gasteiger charge is 2.19. The molecule has 0 radical (unpaired) electrons. The highest BCUT2D eigenvalue weighted by Crippen LogP contribution is 2.29. The molecule has 0 aliphatic heterocycles. The van der Waals surface area contributed by atoms with Gasteiger partial charge in [0.2, 0.25) is 0 Å². The van der Waals surface area contributed by atoms with Crippen molar-refractivity contribution in [3.8, 4) is 0 Å². The van der Waals surface area contributed by atoms with Gasteiger partial charge in [-0.1, -0.05) is 60.7 Å². The lowest BCUT2D eigenvalue weighted by atomic mass is 9.91. The van der Waals surface area contributed by atoms with Gasteiger partial charge in [0.25, 0.3) is 0 Å². The average Bonchev–Trinajstić information content (AvgIpc) is 2.98. The number of benzene rings is 2. The summed E-state index contributed by atoms with van der Waals surface area (Å²) in [4.78, 5) is 7.62. The lowest BCUT2D eigenvalue weighted by Gasteiger charge is -2.15. The standard InChI is InChI=1S/C17H16N2O/c20-12-15-11-18-17(19-15)16(13-7-3-1-4-8-13)14-9-5-2-6-10-14/h1-11,16,20H,12H2,(H,18,19). The summed E-state index contributed by atoms with van der Waals surface area (Å²) < 4.78 is 0. The number of hydrogen-bond acceptors (Lipinski definition) is 2. The molecule has 1 aromatic heterocycles. The highest BCUT2D eigenvalue weighted by molar-refractivity contribution is 5.38. The second-order valence-electron chi connectivity index (χ2n) is 4.71. The van der Waals surface area contributed by atoms with Gasteiger partial charge in [0, 0.05) is 0 Å². The van der Waals surface area contributed by atoms with E-state index in [1.165, 1.54) is 11.1 Å². The third-order valence-corrected chi connectivity index (χ3v) is 3.36. The summed E-state index contributed by atoms with van der Waals surface area (Å²) in [6.45, 7) is -0.0245. The van der Waals surface area contributed by atoms with Crippen molar-refractivity contribution in [1.82, 2.24) is 9.97 Å². The first-order valence-corrected chi connectivity index (χ1v) is 6.63. The van der Waals surface area contributed by atoms with Crippen LogP contribution in [0.2, 0.25) is 0 Å². The SMILES string of the molecule is OCc1cnc(C(c2ccccc2)c2ccccc2)[nH]1. The van der Waals surface area contributed by atoms with Crippen molar-refractivity contribution in [1.29, 1.82) is 0 Å². The van der Waals surface area contributed by atoms with E-state index >= 15 is 0 Å². The summed E-state index contributed by atoms with van der Waals surface area (Å²) in [6.07, 6.45) is 1.69. The second-order valence-corrected chi connectivity index (χ2v) is 4.71. The summed E-state index contributed by atoms with van der Waals surface area (Å²) in [5, 5.41) is 9.20. The van der Waals surface area contributed by atoms with Gasteiger partial charge in [0.1, 0.15) is 5.82 Å². The Morgan fingerprint density at radius 2 is 1.45 bits per heavy atom. The molecular weight excluding hydrogens is 248 g/mol. The molecule has 100 valence electrons. The van der Waals surface area contributed by atoms with E-state index in [-0.39, 0.29) is 12.5 Å². The van der Waals surface area contributed by atoms with Crippen LogP contribution in [0.3, 0.4) is 0 Å². The van der Waals surface area contributed by atoms with Gasteiger partial charge >= 0.3 is 0 Å². The smallest absolute Gasteiger partial charge is 0.118 e. The lowest BCUT2D eigenvalue weighted by molar-refractivity contribution is 0.277. The minimum atomic E-state index is -0.0245. The van der Waals surface area contributed by atoms with Crippen molar-refractivity contribution in [2.45, 2.75) is 12.5 Å². The number of aromatic amines is 1. The van der Waals surface area contributed by atoms with E-state index in [0.717, 1.165) is 11.5 Å². The predicted molar refractivity (Wildman–Crippen MR) is 78.3 cm³/mol. The molecule has 0 saturated carbocycles. The van der Waals surface area contributed by atoms with Crippen molar-refractivity contribution in [3.05, 3.63) is 89.5 Å². The van der Waals surface area contributed by atoms with Gasteiger partial charge < -0.3 is 10.1 Å². The molecule has 2 aromatic carbocycles. The molecule has 20 heavy (non-hydrogen) atoms. The maximum atomic E-state index is 9.20. The summed E-state index contributed by atoms with van der Waals surface area (Å²) in [5.41, 5.74) is 3.09. The fourth-order valence-electron chi connectivity index (χ4n) is 2.40. The summed E-state index contributed by atoms with van der Waals surface area (Å²) in [7, 11) is 0. The zero-order chi connectivity index (χ0) is 13.8. The molecule has 0 aliphatic carbocycles. The second kappa shape index (κ2) is 5.72. The van der Waals surface area contributed by atoms with E-state index in [1.54, 1.807) is 6.20 Å². The quantitative estimate of drug-likeness (QED) is 0.760. The number of rotatable bonds is 4. The summed E-state index contributed by atoms with van der Waals surface area (Å²) in [6, 6.07) is 20.5.